The molecule has 0 radical (unpaired) electrons. The monoisotopic (exact) mass is 355 g/mol. The Labute approximate surface area is 146 Å². The number of amides is 1. The number of rotatable bonds is 2. The molecule has 3 rings (SSSR count). The molecule has 0 unspecified atom stereocenters. The van der Waals surface area contributed by atoms with Gasteiger partial charge in [0.2, 0.25) is 0 Å². The quantitative estimate of drug-likeness (QED) is 0.741. The summed E-state index contributed by atoms with van der Waals surface area (Å²) in [5, 5.41) is 0. The van der Waals surface area contributed by atoms with Crippen LogP contribution in [0.4, 0.5) is 18.0 Å². The second kappa shape index (κ2) is 6.22. The zero-order valence-electron chi connectivity index (χ0n) is 14.8. The molecule has 3 nitrogen and oxygen atoms in total. The van der Waals surface area contributed by atoms with Gasteiger partial charge >= 0.3 is 12.3 Å². The van der Waals surface area contributed by atoms with Gasteiger partial charge in [-0.05, 0) is 50.7 Å². The fourth-order valence-electron chi connectivity index (χ4n) is 3.36. The molecule has 1 saturated carbocycles. The zero-order valence-corrected chi connectivity index (χ0v) is 14.8. The number of carbonyl (C=O) groups is 1. The Hall–Kier alpha value is -1.72. The van der Waals surface area contributed by atoms with E-state index in [9.17, 15) is 18.0 Å². The van der Waals surface area contributed by atoms with Crippen LogP contribution in [0.15, 0.2) is 24.3 Å². The van der Waals surface area contributed by atoms with Crippen LogP contribution in [0.3, 0.4) is 0 Å². The molecule has 0 aromatic heterocycles. The van der Waals surface area contributed by atoms with Gasteiger partial charge < -0.3 is 9.64 Å². The SMILES string of the molecule is CC(C)(C)OC(=O)N1CC(c2ccc(C3CC(C(F)(F)F)C3)cc2)C1. The van der Waals surface area contributed by atoms with Crippen molar-refractivity contribution >= 4 is 6.09 Å². The summed E-state index contributed by atoms with van der Waals surface area (Å²) in [6.45, 7) is 6.75. The van der Waals surface area contributed by atoms with Gasteiger partial charge in [-0.3, -0.25) is 0 Å². The lowest BCUT2D eigenvalue weighted by Crippen LogP contribution is -2.50. The zero-order chi connectivity index (χ0) is 18.4. The number of benzene rings is 1. The minimum Gasteiger partial charge on any atom is -0.444 e. The molecule has 0 N–H and O–H groups in total. The highest BCUT2D eigenvalue weighted by molar-refractivity contribution is 5.69. The average Bonchev–Trinajstić information content (AvgIpc) is 2.33. The van der Waals surface area contributed by atoms with Crippen molar-refractivity contribution in [3.63, 3.8) is 0 Å². The van der Waals surface area contributed by atoms with Crippen molar-refractivity contribution in [1.29, 1.82) is 0 Å². The van der Waals surface area contributed by atoms with Gasteiger partial charge in [-0.2, -0.15) is 13.2 Å². The molecule has 2 fully saturated rings. The molecule has 1 heterocycles. The third kappa shape index (κ3) is 4.10. The van der Waals surface area contributed by atoms with Crippen molar-refractivity contribution in [2.24, 2.45) is 5.92 Å². The predicted octanol–water partition coefficient (Wildman–Crippen LogP) is 5.08. The van der Waals surface area contributed by atoms with Crippen LogP contribution in [-0.4, -0.2) is 35.9 Å². The van der Waals surface area contributed by atoms with E-state index < -0.39 is 17.7 Å². The van der Waals surface area contributed by atoms with E-state index in [0.717, 1.165) is 11.1 Å². The molecule has 1 aromatic carbocycles. The number of hydrogen-bond acceptors (Lipinski definition) is 2. The molecule has 1 aromatic rings. The van der Waals surface area contributed by atoms with Crippen LogP contribution in [-0.2, 0) is 4.74 Å². The normalized spacial score (nSPS) is 24.5. The number of halogens is 3. The summed E-state index contributed by atoms with van der Waals surface area (Å²) < 4.78 is 43.1. The molecule has 6 heteroatoms. The molecular weight excluding hydrogens is 331 g/mol. The van der Waals surface area contributed by atoms with Crippen molar-refractivity contribution < 1.29 is 22.7 Å². The van der Waals surface area contributed by atoms with Crippen LogP contribution in [0.5, 0.6) is 0 Å². The van der Waals surface area contributed by atoms with Gasteiger partial charge in [0.15, 0.2) is 0 Å². The summed E-state index contributed by atoms with van der Waals surface area (Å²) in [6, 6.07) is 7.83. The number of hydrogen-bond donors (Lipinski definition) is 0. The van der Waals surface area contributed by atoms with Crippen LogP contribution in [0, 0.1) is 5.92 Å². The molecule has 0 atom stereocenters. The van der Waals surface area contributed by atoms with Crippen molar-refractivity contribution in [1.82, 2.24) is 4.90 Å². The summed E-state index contributed by atoms with van der Waals surface area (Å²) >= 11 is 0. The van der Waals surface area contributed by atoms with Gasteiger partial charge in [-0.1, -0.05) is 24.3 Å². The molecule has 1 aliphatic heterocycles. The van der Waals surface area contributed by atoms with Gasteiger partial charge in [-0.25, -0.2) is 4.79 Å². The fraction of sp³-hybridized carbons (Fsp3) is 0.632. The Balaban J connectivity index is 1.49. The van der Waals surface area contributed by atoms with E-state index in [1.54, 1.807) is 4.90 Å². The van der Waals surface area contributed by atoms with E-state index in [-0.39, 0.29) is 30.8 Å². The highest BCUT2D eigenvalue weighted by Crippen LogP contribution is 2.49. The largest absolute Gasteiger partial charge is 0.444 e. The van der Waals surface area contributed by atoms with Crippen LogP contribution < -0.4 is 0 Å². The Morgan fingerprint density at radius 1 is 1.00 bits per heavy atom. The molecule has 1 aliphatic carbocycles. The van der Waals surface area contributed by atoms with Crippen molar-refractivity contribution in [2.75, 3.05) is 13.1 Å². The van der Waals surface area contributed by atoms with Crippen molar-refractivity contribution in [3.8, 4) is 0 Å². The van der Waals surface area contributed by atoms with Crippen molar-refractivity contribution in [2.45, 2.75) is 57.2 Å². The molecule has 138 valence electrons. The summed E-state index contributed by atoms with van der Waals surface area (Å²) in [4.78, 5) is 13.6. The van der Waals surface area contributed by atoms with Gasteiger partial charge in [0, 0.05) is 19.0 Å². The van der Waals surface area contributed by atoms with E-state index in [0.29, 0.717) is 13.1 Å². The molecule has 0 spiro atoms. The predicted molar refractivity (Wildman–Crippen MR) is 88.5 cm³/mol. The number of carbonyl (C=O) groups excluding carboxylic acids is 1. The van der Waals surface area contributed by atoms with E-state index in [4.69, 9.17) is 4.74 Å². The minimum absolute atomic E-state index is 0.0142. The van der Waals surface area contributed by atoms with Crippen LogP contribution in [0.2, 0.25) is 0 Å². The summed E-state index contributed by atoms with van der Waals surface area (Å²) in [5.41, 5.74) is 1.60. The topological polar surface area (TPSA) is 29.5 Å². The number of nitrogens with zero attached hydrogens (tertiary/aromatic N) is 1. The molecule has 25 heavy (non-hydrogen) atoms. The maximum absolute atomic E-state index is 12.6. The molecule has 0 bridgehead atoms. The molecule has 2 aliphatic rings. The highest BCUT2D eigenvalue weighted by atomic mass is 19.4. The van der Waals surface area contributed by atoms with Gasteiger partial charge in [0.1, 0.15) is 5.60 Å². The van der Waals surface area contributed by atoms with E-state index in [1.807, 2.05) is 45.0 Å². The van der Waals surface area contributed by atoms with E-state index in [2.05, 4.69) is 0 Å². The van der Waals surface area contributed by atoms with Crippen LogP contribution in [0.25, 0.3) is 0 Å². The minimum atomic E-state index is -4.06. The lowest BCUT2D eigenvalue weighted by Gasteiger charge is -2.40. The molecule has 1 saturated heterocycles. The Morgan fingerprint density at radius 2 is 1.48 bits per heavy atom. The Morgan fingerprint density at radius 3 is 1.92 bits per heavy atom. The van der Waals surface area contributed by atoms with E-state index in [1.165, 1.54) is 0 Å². The second-order valence-electron chi connectivity index (χ2n) is 8.16. The maximum atomic E-state index is 12.6. The first-order chi connectivity index (χ1) is 11.5. The molecule has 1 amide bonds. The van der Waals surface area contributed by atoms with E-state index >= 15 is 0 Å². The second-order valence-corrected chi connectivity index (χ2v) is 8.16. The van der Waals surface area contributed by atoms with Gasteiger partial charge in [0.05, 0.1) is 5.92 Å². The Bertz CT molecular complexity index is 622. The first kappa shape index (κ1) is 18.1. The summed E-state index contributed by atoms with van der Waals surface area (Å²) in [6.07, 6.45) is -3.97. The maximum Gasteiger partial charge on any atom is 0.410 e. The fourth-order valence-corrected chi connectivity index (χ4v) is 3.36. The van der Waals surface area contributed by atoms with Gasteiger partial charge in [-0.15, -0.1) is 0 Å². The lowest BCUT2D eigenvalue weighted by atomic mass is 9.71. The lowest BCUT2D eigenvalue weighted by molar-refractivity contribution is -0.197. The first-order valence-corrected chi connectivity index (χ1v) is 8.67. The summed E-state index contributed by atoms with van der Waals surface area (Å²) in [5.74, 6) is -0.864. The summed E-state index contributed by atoms with van der Waals surface area (Å²) in [7, 11) is 0. The van der Waals surface area contributed by atoms with Crippen LogP contribution >= 0.6 is 0 Å². The standard InChI is InChI=1S/C19H24F3NO2/c1-18(2,3)25-17(24)23-10-15(11-23)13-6-4-12(5-7-13)14-8-16(9-14)19(20,21)22/h4-7,14-16H,8-11H2,1-3H3. The number of ether oxygens (including phenoxy) is 1. The smallest absolute Gasteiger partial charge is 0.410 e. The molecular formula is C19H24F3NO2. The third-order valence-corrected chi connectivity index (χ3v) is 5.01. The van der Waals surface area contributed by atoms with Crippen molar-refractivity contribution in [3.05, 3.63) is 35.4 Å². The Kier molecular flexibility index (Phi) is 4.50. The average molecular weight is 355 g/mol. The number of alkyl halides is 3. The highest BCUT2D eigenvalue weighted by Gasteiger charge is 2.48. The third-order valence-electron chi connectivity index (χ3n) is 5.01. The van der Waals surface area contributed by atoms with Crippen LogP contribution in [0.1, 0.15) is 56.6 Å². The van der Waals surface area contributed by atoms with Gasteiger partial charge in [0.25, 0.3) is 0 Å². The number of likely N-dealkylation sites (tertiary alicyclic amines) is 1. The first-order valence-electron chi connectivity index (χ1n) is 8.67.